The number of β-lactam (4-membered cyclic amide) rings is 1. The van der Waals surface area contributed by atoms with Gasteiger partial charge in [-0.2, -0.15) is 0 Å². The summed E-state index contributed by atoms with van der Waals surface area (Å²) in [6, 6.07) is 5.99. The summed E-state index contributed by atoms with van der Waals surface area (Å²) in [5.41, 5.74) is 0.753. The quantitative estimate of drug-likeness (QED) is 0.397. The molecule has 32 heavy (non-hydrogen) atoms. The van der Waals surface area contributed by atoms with Gasteiger partial charge in [0.15, 0.2) is 0 Å². The second kappa shape index (κ2) is 8.85. The third-order valence-electron chi connectivity index (χ3n) is 5.75. The van der Waals surface area contributed by atoms with E-state index in [1.165, 1.54) is 22.7 Å². The first kappa shape index (κ1) is 22.2. The zero-order chi connectivity index (χ0) is 23.0. The van der Waals surface area contributed by atoms with Crippen LogP contribution in [0.2, 0.25) is 0 Å². The Hall–Kier alpha value is -3.01. The van der Waals surface area contributed by atoms with Gasteiger partial charge in [-0.05, 0) is 50.8 Å². The van der Waals surface area contributed by atoms with Gasteiger partial charge in [-0.1, -0.05) is 12.1 Å². The number of carbonyl (C=O) groups is 4. The molecule has 1 saturated heterocycles. The maximum atomic E-state index is 12.5. The van der Waals surface area contributed by atoms with E-state index in [9.17, 15) is 24.3 Å². The fourth-order valence-electron chi connectivity index (χ4n) is 3.84. The van der Waals surface area contributed by atoms with Gasteiger partial charge in [0.2, 0.25) is 5.91 Å². The summed E-state index contributed by atoms with van der Waals surface area (Å²) in [5, 5.41) is 14.4. The predicted octanol–water partition coefficient (Wildman–Crippen LogP) is 1.81. The molecule has 4 atom stereocenters. The first-order chi connectivity index (χ1) is 15.3. The molecule has 2 amide bonds. The van der Waals surface area contributed by atoms with E-state index in [1.807, 2.05) is 13.8 Å². The molecule has 4 rings (SSSR count). The number of carboxylic acids is 1. The van der Waals surface area contributed by atoms with Crippen LogP contribution < -0.4 is 10.6 Å². The average Bonchev–Trinajstić information content (AvgIpc) is 3.61. The molecule has 170 valence electrons. The smallest absolute Gasteiger partial charge is 0.352 e. The molecule has 1 saturated carbocycles. The number of hydrogen-bond donors (Lipinski definition) is 3. The lowest BCUT2D eigenvalue weighted by atomic mass is 10.0. The second-order valence-corrected chi connectivity index (χ2v) is 9.69. The Kier molecular flexibility index (Phi) is 6.14. The molecule has 0 aromatic heterocycles. The van der Waals surface area contributed by atoms with E-state index in [0.717, 1.165) is 12.8 Å². The molecular formula is C22H25N3O6S. The van der Waals surface area contributed by atoms with Crippen molar-refractivity contribution in [2.45, 2.75) is 49.5 Å². The number of anilines is 1. The van der Waals surface area contributed by atoms with E-state index in [1.54, 1.807) is 24.3 Å². The minimum Gasteiger partial charge on any atom is -0.477 e. The third kappa shape index (κ3) is 4.45. The Labute approximate surface area is 189 Å². The number of aliphatic carboxylic acids is 1. The highest BCUT2D eigenvalue weighted by molar-refractivity contribution is 8.00. The number of carboxylic acid groups (broad SMARTS) is 1. The molecule has 1 aromatic rings. The highest BCUT2D eigenvalue weighted by Gasteiger charge is 2.53. The third-order valence-corrected chi connectivity index (χ3v) is 7.08. The van der Waals surface area contributed by atoms with Crippen molar-refractivity contribution in [2.24, 2.45) is 5.92 Å². The fourth-order valence-corrected chi connectivity index (χ4v) is 5.17. The Morgan fingerprint density at radius 2 is 2.00 bits per heavy atom. The zero-order valence-corrected chi connectivity index (χ0v) is 18.6. The van der Waals surface area contributed by atoms with Gasteiger partial charge in [0.1, 0.15) is 23.2 Å². The number of thioether (sulfide) groups is 1. The Morgan fingerprint density at radius 3 is 2.69 bits per heavy atom. The lowest BCUT2D eigenvalue weighted by molar-refractivity contribution is -0.150. The van der Waals surface area contributed by atoms with E-state index in [-0.39, 0.29) is 23.6 Å². The van der Waals surface area contributed by atoms with E-state index in [4.69, 9.17) is 4.74 Å². The number of benzene rings is 1. The van der Waals surface area contributed by atoms with Crippen LogP contribution >= 0.6 is 11.8 Å². The van der Waals surface area contributed by atoms with Gasteiger partial charge in [-0.3, -0.25) is 14.5 Å². The number of nitrogens with zero attached hydrogens (tertiary/aromatic N) is 1. The molecule has 2 aliphatic heterocycles. The highest BCUT2D eigenvalue weighted by atomic mass is 32.2. The predicted molar refractivity (Wildman–Crippen MR) is 118 cm³/mol. The van der Waals surface area contributed by atoms with E-state index in [2.05, 4.69) is 10.6 Å². The fraction of sp³-hybridized carbons (Fsp3) is 0.455. The summed E-state index contributed by atoms with van der Waals surface area (Å²) in [5.74, 6) is -2.08. The molecule has 1 aromatic carbocycles. The minimum atomic E-state index is -1.17. The Morgan fingerprint density at radius 1 is 1.28 bits per heavy atom. The maximum absolute atomic E-state index is 12.5. The maximum Gasteiger partial charge on any atom is 0.352 e. The number of fused-ring (bicyclic) bond motifs is 1. The van der Waals surface area contributed by atoms with Crippen LogP contribution in [0.15, 0.2) is 36.0 Å². The monoisotopic (exact) mass is 459 g/mol. The van der Waals surface area contributed by atoms with Gasteiger partial charge in [-0.25, -0.2) is 9.59 Å². The van der Waals surface area contributed by atoms with Crippen LogP contribution in [0.4, 0.5) is 5.69 Å². The van der Waals surface area contributed by atoms with Crippen molar-refractivity contribution in [3.63, 3.8) is 0 Å². The van der Waals surface area contributed by atoms with E-state index in [0.29, 0.717) is 17.2 Å². The largest absolute Gasteiger partial charge is 0.477 e. The molecule has 0 radical (unpaired) electrons. The zero-order valence-electron chi connectivity index (χ0n) is 17.7. The summed E-state index contributed by atoms with van der Waals surface area (Å²) in [7, 11) is 0. The van der Waals surface area contributed by atoms with Crippen molar-refractivity contribution in [1.29, 1.82) is 0 Å². The van der Waals surface area contributed by atoms with Crippen LogP contribution in [0.5, 0.6) is 0 Å². The van der Waals surface area contributed by atoms with Crippen molar-refractivity contribution in [2.75, 3.05) is 11.9 Å². The number of ether oxygens (including phenoxy) is 1. The van der Waals surface area contributed by atoms with Gasteiger partial charge in [0, 0.05) is 10.9 Å². The number of nitrogens with one attached hydrogen (secondary N) is 2. The van der Waals surface area contributed by atoms with Crippen molar-refractivity contribution >= 4 is 41.2 Å². The first-order valence-electron chi connectivity index (χ1n) is 10.5. The highest BCUT2D eigenvalue weighted by Crippen LogP contribution is 2.40. The van der Waals surface area contributed by atoms with E-state index < -0.39 is 35.2 Å². The summed E-state index contributed by atoms with van der Waals surface area (Å²) < 4.78 is 5.53. The molecule has 3 aliphatic rings. The van der Waals surface area contributed by atoms with Crippen molar-refractivity contribution in [1.82, 2.24) is 10.2 Å². The number of amides is 2. The molecular weight excluding hydrogens is 434 g/mol. The Balaban J connectivity index is 1.34. The van der Waals surface area contributed by atoms with Crippen LogP contribution in [0.3, 0.4) is 0 Å². The average molecular weight is 460 g/mol. The Bertz CT molecular complexity index is 992. The van der Waals surface area contributed by atoms with Crippen molar-refractivity contribution in [3.05, 3.63) is 41.6 Å². The molecule has 9 nitrogen and oxygen atoms in total. The molecule has 0 spiro atoms. The normalized spacial score (nSPS) is 25.1. The van der Waals surface area contributed by atoms with E-state index >= 15 is 0 Å². The van der Waals surface area contributed by atoms with Crippen molar-refractivity contribution in [3.8, 4) is 0 Å². The molecule has 2 fully saturated rings. The number of carbonyl (C=O) groups excluding carboxylic acids is 3. The SMILES string of the molecule is CC1C=C(C(=O)O)N2C(=O)C(NC(=O)CNc3ccccc3C(=O)OC(C)C3CC3)[C@H]2S1. The topological polar surface area (TPSA) is 125 Å². The van der Waals surface area contributed by atoms with Crippen LogP contribution in [-0.2, 0) is 19.1 Å². The summed E-state index contributed by atoms with van der Waals surface area (Å²) in [6.07, 6.45) is 3.51. The summed E-state index contributed by atoms with van der Waals surface area (Å²) in [4.78, 5) is 50.1. The molecule has 3 N–H and O–H groups in total. The minimum absolute atomic E-state index is 0.0530. The van der Waals surface area contributed by atoms with Gasteiger partial charge >= 0.3 is 11.9 Å². The summed E-state index contributed by atoms with van der Waals surface area (Å²) in [6.45, 7) is 3.57. The number of esters is 1. The number of para-hydroxylation sites is 1. The van der Waals surface area contributed by atoms with Crippen LogP contribution in [0.1, 0.15) is 37.0 Å². The summed E-state index contributed by atoms with van der Waals surface area (Å²) >= 11 is 1.41. The molecule has 1 aliphatic carbocycles. The molecule has 10 heteroatoms. The van der Waals surface area contributed by atoms with Crippen LogP contribution in [-0.4, -0.2) is 63.1 Å². The lowest BCUT2D eigenvalue weighted by Crippen LogP contribution is -2.70. The van der Waals surface area contributed by atoms with Gasteiger partial charge in [-0.15, -0.1) is 11.8 Å². The van der Waals surface area contributed by atoms with Gasteiger partial charge in [0.25, 0.3) is 5.91 Å². The first-order valence-corrected chi connectivity index (χ1v) is 11.5. The lowest BCUT2D eigenvalue weighted by Gasteiger charge is -2.49. The van der Waals surface area contributed by atoms with Crippen LogP contribution in [0.25, 0.3) is 0 Å². The molecule has 2 heterocycles. The van der Waals surface area contributed by atoms with Gasteiger partial charge in [0.05, 0.1) is 12.1 Å². The molecule has 0 bridgehead atoms. The number of hydrogen-bond acceptors (Lipinski definition) is 7. The standard InChI is InChI=1S/C22H25N3O6S/c1-11-9-16(21(28)29)25-19(27)18(20(25)32-11)24-17(26)10-23-15-6-4-3-5-14(15)22(30)31-12(2)13-7-8-13/h3-6,9,11-13,18,20,23H,7-8,10H2,1-2H3,(H,24,26)(H,28,29)/t11?,12?,18?,20-/m1/s1. The van der Waals surface area contributed by atoms with Crippen molar-refractivity contribution < 1.29 is 29.0 Å². The second-order valence-electron chi connectivity index (χ2n) is 8.19. The van der Waals surface area contributed by atoms with Gasteiger partial charge < -0.3 is 20.5 Å². The van der Waals surface area contributed by atoms with Crippen LogP contribution in [0, 0.1) is 5.92 Å². The number of rotatable bonds is 8. The molecule has 3 unspecified atom stereocenters.